The van der Waals surface area contributed by atoms with Gasteiger partial charge in [-0.3, -0.25) is 0 Å². The number of hydrogen-bond acceptors (Lipinski definition) is 6. The number of aromatic nitrogens is 6. The highest BCUT2D eigenvalue weighted by Gasteiger charge is 2.15. The van der Waals surface area contributed by atoms with E-state index in [1.807, 2.05) is 32.2 Å². The van der Waals surface area contributed by atoms with Gasteiger partial charge in [-0.25, -0.2) is 14.5 Å². The molecule has 1 aromatic carbocycles. The number of carbonyl (C=O) groups excluding carboxylic acids is 1. The van der Waals surface area contributed by atoms with Crippen molar-refractivity contribution in [2.75, 3.05) is 11.1 Å². The van der Waals surface area contributed by atoms with Crippen LogP contribution < -0.4 is 10.6 Å². The Balaban J connectivity index is 1.45. The van der Waals surface area contributed by atoms with Crippen LogP contribution in [0.1, 0.15) is 16.8 Å². The number of benzene rings is 1. The Kier molecular flexibility index (Phi) is 4.33. The molecule has 1 aliphatic heterocycles. The van der Waals surface area contributed by atoms with Crippen LogP contribution >= 0.6 is 11.8 Å². The van der Waals surface area contributed by atoms with Crippen molar-refractivity contribution in [1.29, 1.82) is 0 Å². The normalized spacial score (nSPS) is 12.8. The summed E-state index contributed by atoms with van der Waals surface area (Å²) in [6.07, 6.45) is 3.51. The minimum Gasteiger partial charge on any atom is -0.332 e. The molecule has 0 atom stereocenters. The van der Waals surface area contributed by atoms with E-state index < -0.39 is 0 Å². The van der Waals surface area contributed by atoms with Gasteiger partial charge in [-0.05, 0) is 47.5 Å². The Hall–Kier alpha value is -2.88. The van der Waals surface area contributed by atoms with Gasteiger partial charge in [0.2, 0.25) is 0 Å². The van der Waals surface area contributed by atoms with Crippen molar-refractivity contribution in [2.45, 2.75) is 32.1 Å². The number of imidazole rings is 1. The number of urea groups is 1. The van der Waals surface area contributed by atoms with Crippen molar-refractivity contribution >= 4 is 23.5 Å². The molecule has 0 aliphatic carbocycles. The lowest BCUT2D eigenvalue weighted by Crippen LogP contribution is -2.28. The van der Waals surface area contributed by atoms with Gasteiger partial charge in [-0.15, -0.1) is 5.10 Å². The molecule has 0 bridgehead atoms. The highest BCUT2D eigenvalue weighted by Crippen LogP contribution is 2.25. The fourth-order valence-corrected chi connectivity index (χ4v) is 3.73. The molecule has 0 saturated heterocycles. The van der Waals surface area contributed by atoms with Crippen molar-refractivity contribution in [3.63, 3.8) is 0 Å². The molecule has 1 aliphatic rings. The number of rotatable bonds is 4. The largest absolute Gasteiger partial charge is 0.332 e. The molecular formula is C16H18N8OS. The van der Waals surface area contributed by atoms with Gasteiger partial charge >= 0.3 is 6.03 Å². The summed E-state index contributed by atoms with van der Waals surface area (Å²) >= 11 is 1.73. The van der Waals surface area contributed by atoms with Gasteiger partial charge in [0, 0.05) is 24.2 Å². The Morgan fingerprint density at radius 3 is 3.00 bits per heavy atom. The molecule has 2 N–H and O–H groups in total. The van der Waals surface area contributed by atoms with Gasteiger partial charge in [0.15, 0.2) is 5.16 Å². The number of nitrogens with one attached hydrogen (secondary N) is 2. The zero-order chi connectivity index (χ0) is 18.1. The molecule has 2 aromatic heterocycles. The standard InChI is InChI=1S/C16H18N8OS/c1-10-5-13(24-9-18-21-22-24)6-14(11(10)2)20-15(25)17-7-12-8-23-3-4-26-16(23)19-12/h5-6,8-9H,3-4,7H2,1-2H3,(H2,17,20,25). The molecule has 2 amide bonds. The Labute approximate surface area is 154 Å². The van der Waals surface area contributed by atoms with Gasteiger partial charge in [-0.2, -0.15) is 0 Å². The predicted octanol–water partition coefficient (Wildman–Crippen LogP) is 1.90. The first-order valence-corrected chi connectivity index (χ1v) is 9.17. The Bertz CT molecular complexity index is 928. The van der Waals surface area contributed by atoms with E-state index in [0.717, 1.165) is 45.6 Å². The third-order valence-electron chi connectivity index (χ3n) is 4.30. The smallest absolute Gasteiger partial charge is 0.319 e. The van der Waals surface area contributed by atoms with Crippen LogP contribution in [0.25, 0.3) is 5.69 Å². The van der Waals surface area contributed by atoms with E-state index in [1.165, 1.54) is 6.33 Å². The number of amides is 2. The lowest BCUT2D eigenvalue weighted by Gasteiger charge is -2.13. The summed E-state index contributed by atoms with van der Waals surface area (Å²) in [6, 6.07) is 3.54. The molecule has 10 heteroatoms. The first-order valence-electron chi connectivity index (χ1n) is 8.18. The average Bonchev–Trinajstić information content (AvgIpc) is 3.33. The predicted molar refractivity (Wildman–Crippen MR) is 97.4 cm³/mol. The van der Waals surface area contributed by atoms with Gasteiger partial charge in [0.05, 0.1) is 17.9 Å². The highest BCUT2D eigenvalue weighted by molar-refractivity contribution is 7.99. The van der Waals surface area contributed by atoms with Gasteiger partial charge in [-0.1, -0.05) is 11.8 Å². The van der Waals surface area contributed by atoms with Crippen LogP contribution in [0.5, 0.6) is 0 Å². The van der Waals surface area contributed by atoms with Crippen molar-refractivity contribution in [3.05, 3.63) is 41.5 Å². The van der Waals surface area contributed by atoms with Crippen LogP contribution in [0.15, 0.2) is 29.8 Å². The molecule has 0 unspecified atom stereocenters. The van der Waals surface area contributed by atoms with Crippen LogP contribution in [-0.4, -0.2) is 41.5 Å². The third-order valence-corrected chi connectivity index (χ3v) is 5.27. The summed E-state index contributed by atoms with van der Waals surface area (Å²) in [4.78, 5) is 16.8. The SMILES string of the molecule is Cc1cc(-n2cnnn2)cc(NC(=O)NCc2cn3c(n2)SCC3)c1C. The lowest BCUT2D eigenvalue weighted by molar-refractivity contribution is 0.251. The maximum Gasteiger partial charge on any atom is 0.319 e. The molecule has 0 radical (unpaired) electrons. The molecule has 9 nitrogen and oxygen atoms in total. The van der Waals surface area contributed by atoms with E-state index in [0.29, 0.717) is 6.54 Å². The molecule has 4 rings (SSSR count). The van der Waals surface area contributed by atoms with E-state index in [2.05, 4.69) is 35.7 Å². The van der Waals surface area contributed by atoms with Gasteiger partial charge in [0.25, 0.3) is 0 Å². The second kappa shape index (κ2) is 6.79. The van der Waals surface area contributed by atoms with Crippen molar-refractivity contribution in [3.8, 4) is 5.69 Å². The summed E-state index contributed by atoms with van der Waals surface area (Å²) in [5.74, 6) is 1.06. The van der Waals surface area contributed by atoms with Crippen molar-refractivity contribution < 1.29 is 4.79 Å². The third kappa shape index (κ3) is 3.27. The number of aryl methyl sites for hydroxylation is 2. The molecule has 0 saturated carbocycles. The van der Waals surface area contributed by atoms with Crippen molar-refractivity contribution in [2.24, 2.45) is 0 Å². The zero-order valence-electron chi connectivity index (χ0n) is 14.4. The second-order valence-electron chi connectivity index (χ2n) is 6.05. The number of anilines is 1. The quantitative estimate of drug-likeness (QED) is 0.727. The summed E-state index contributed by atoms with van der Waals surface area (Å²) in [5, 5.41) is 18.0. The molecule has 26 heavy (non-hydrogen) atoms. The minimum atomic E-state index is -0.276. The number of thioether (sulfide) groups is 1. The van der Waals surface area contributed by atoms with Gasteiger partial charge in [0.1, 0.15) is 6.33 Å². The van der Waals surface area contributed by atoms with Crippen LogP contribution in [-0.2, 0) is 13.1 Å². The summed E-state index contributed by atoms with van der Waals surface area (Å²) in [5.41, 5.74) is 4.40. The van der Waals surface area contributed by atoms with Crippen LogP contribution in [0.2, 0.25) is 0 Å². The maximum atomic E-state index is 12.3. The van der Waals surface area contributed by atoms with E-state index in [-0.39, 0.29) is 6.03 Å². The number of carbonyl (C=O) groups is 1. The molecule has 3 aromatic rings. The molecule has 0 fully saturated rings. The molecule has 0 spiro atoms. The summed E-state index contributed by atoms with van der Waals surface area (Å²) in [7, 11) is 0. The number of fused-ring (bicyclic) bond motifs is 1. The van der Waals surface area contributed by atoms with Crippen LogP contribution in [0, 0.1) is 13.8 Å². The fraction of sp³-hybridized carbons (Fsp3) is 0.312. The maximum absolute atomic E-state index is 12.3. The van der Waals surface area contributed by atoms with E-state index in [1.54, 1.807) is 16.4 Å². The number of nitrogens with zero attached hydrogens (tertiary/aromatic N) is 6. The minimum absolute atomic E-state index is 0.276. The Morgan fingerprint density at radius 2 is 2.23 bits per heavy atom. The zero-order valence-corrected chi connectivity index (χ0v) is 15.2. The second-order valence-corrected chi connectivity index (χ2v) is 7.12. The monoisotopic (exact) mass is 370 g/mol. The molecule has 134 valence electrons. The van der Waals surface area contributed by atoms with E-state index in [9.17, 15) is 4.79 Å². The number of tetrazole rings is 1. The van der Waals surface area contributed by atoms with E-state index >= 15 is 0 Å². The fourth-order valence-electron chi connectivity index (χ4n) is 2.77. The molecular weight excluding hydrogens is 352 g/mol. The average molecular weight is 370 g/mol. The Morgan fingerprint density at radius 1 is 1.35 bits per heavy atom. The van der Waals surface area contributed by atoms with Crippen LogP contribution in [0.4, 0.5) is 10.5 Å². The summed E-state index contributed by atoms with van der Waals surface area (Å²) in [6.45, 7) is 5.31. The van der Waals surface area contributed by atoms with Crippen LogP contribution in [0.3, 0.4) is 0 Å². The molecule has 3 heterocycles. The van der Waals surface area contributed by atoms with Gasteiger partial charge < -0.3 is 15.2 Å². The topological polar surface area (TPSA) is 103 Å². The highest BCUT2D eigenvalue weighted by atomic mass is 32.2. The summed E-state index contributed by atoms with van der Waals surface area (Å²) < 4.78 is 3.67. The number of hydrogen-bond donors (Lipinski definition) is 2. The first-order chi connectivity index (χ1) is 12.6. The van der Waals surface area contributed by atoms with Crippen molar-refractivity contribution in [1.82, 2.24) is 35.1 Å². The lowest BCUT2D eigenvalue weighted by atomic mass is 10.1. The van der Waals surface area contributed by atoms with E-state index in [4.69, 9.17) is 0 Å². The first kappa shape index (κ1) is 16.6.